The lowest BCUT2D eigenvalue weighted by molar-refractivity contribution is -0.150. The van der Waals surface area contributed by atoms with E-state index in [-0.39, 0.29) is 11.5 Å². The van der Waals surface area contributed by atoms with E-state index in [1.807, 2.05) is 24.3 Å². The number of hydrogen-bond donors (Lipinski definition) is 2. The van der Waals surface area contributed by atoms with Gasteiger partial charge in [0.2, 0.25) is 0 Å². The summed E-state index contributed by atoms with van der Waals surface area (Å²) in [6, 6.07) is 11.1. The van der Waals surface area contributed by atoms with Crippen molar-refractivity contribution in [1.29, 1.82) is 0 Å². The summed E-state index contributed by atoms with van der Waals surface area (Å²) >= 11 is 1.22. The molecule has 9 heteroatoms. The molecule has 1 aromatic heterocycles. The average molecular weight is 544 g/mol. The molecule has 200 valence electrons. The number of nitrogens with one attached hydrogen (secondary N) is 1. The number of halogens is 3. The number of amides is 1. The number of aliphatic carboxylic acids is 1. The Labute approximate surface area is 222 Å². The smallest absolute Gasteiger partial charge is 0.416 e. The fourth-order valence-electron chi connectivity index (χ4n) is 7.46. The molecule has 4 bridgehead atoms. The van der Waals surface area contributed by atoms with Crippen LogP contribution in [0.25, 0.3) is 10.1 Å². The van der Waals surface area contributed by atoms with E-state index >= 15 is 0 Å². The molecule has 0 spiro atoms. The Morgan fingerprint density at radius 3 is 2.18 bits per heavy atom. The van der Waals surface area contributed by atoms with Crippen molar-refractivity contribution in [3.8, 4) is 5.75 Å². The van der Waals surface area contributed by atoms with Gasteiger partial charge in [0.25, 0.3) is 5.91 Å². The van der Waals surface area contributed by atoms with Crippen molar-refractivity contribution in [2.75, 3.05) is 0 Å². The van der Waals surface area contributed by atoms with Gasteiger partial charge in [-0.15, -0.1) is 11.3 Å². The molecule has 1 heterocycles. The van der Waals surface area contributed by atoms with E-state index in [1.54, 1.807) is 0 Å². The lowest BCUT2D eigenvalue weighted by Gasteiger charge is -2.58. The number of carboxylic acids is 1. The zero-order valence-electron chi connectivity index (χ0n) is 20.6. The fourth-order valence-corrected chi connectivity index (χ4v) is 8.52. The summed E-state index contributed by atoms with van der Waals surface area (Å²) in [5.41, 5.74) is -0.642. The second kappa shape index (κ2) is 9.29. The highest BCUT2D eigenvalue weighted by molar-refractivity contribution is 7.21. The Morgan fingerprint density at radius 2 is 1.61 bits per heavy atom. The van der Waals surface area contributed by atoms with Gasteiger partial charge in [-0.3, -0.25) is 4.79 Å². The molecule has 7 rings (SSSR count). The molecule has 4 saturated carbocycles. The summed E-state index contributed by atoms with van der Waals surface area (Å²) in [5, 5.41) is 13.8. The van der Waals surface area contributed by atoms with Gasteiger partial charge >= 0.3 is 12.1 Å². The Morgan fingerprint density at radius 1 is 1.00 bits per heavy atom. The van der Waals surface area contributed by atoms with Crippen molar-refractivity contribution < 1.29 is 32.6 Å². The van der Waals surface area contributed by atoms with Crippen LogP contribution in [0.2, 0.25) is 0 Å². The molecule has 4 aliphatic rings. The maximum absolute atomic E-state index is 13.6. The summed E-state index contributed by atoms with van der Waals surface area (Å²) in [6.07, 6.45) is 1.57. The Balaban J connectivity index is 1.26. The second-order valence-electron chi connectivity index (χ2n) is 11.3. The van der Waals surface area contributed by atoms with Crippen molar-refractivity contribution >= 4 is 33.3 Å². The highest BCUT2D eigenvalue weighted by Gasteiger charge is 2.56. The number of rotatable bonds is 7. The molecule has 0 unspecified atom stereocenters. The molecule has 1 amide bonds. The number of alkyl halides is 3. The van der Waals surface area contributed by atoms with Crippen LogP contribution in [0.1, 0.15) is 59.3 Å². The molecule has 5 nitrogen and oxygen atoms in total. The highest BCUT2D eigenvalue weighted by Crippen LogP contribution is 2.61. The maximum Gasteiger partial charge on any atom is 0.416 e. The molecule has 3 aromatic rings. The van der Waals surface area contributed by atoms with E-state index in [2.05, 4.69) is 5.32 Å². The summed E-state index contributed by atoms with van der Waals surface area (Å²) in [6.45, 7) is -0.0313. The predicted molar refractivity (Wildman–Crippen MR) is 137 cm³/mol. The van der Waals surface area contributed by atoms with E-state index < -0.39 is 35.1 Å². The monoisotopic (exact) mass is 543 g/mol. The van der Waals surface area contributed by atoms with Crippen LogP contribution in [-0.4, -0.2) is 23.0 Å². The largest absolute Gasteiger partial charge is 0.487 e. The first-order valence-electron chi connectivity index (χ1n) is 13.0. The van der Waals surface area contributed by atoms with Gasteiger partial charge in [0.1, 0.15) is 17.5 Å². The van der Waals surface area contributed by atoms with Crippen molar-refractivity contribution in [2.24, 2.45) is 23.2 Å². The minimum absolute atomic E-state index is 0.0313. The highest BCUT2D eigenvalue weighted by atomic mass is 32.1. The van der Waals surface area contributed by atoms with Gasteiger partial charge in [-0.05, 0) is 86.1 Å². The number of carbonyl (C=O) groups is 2. The third-order valence-corrected chi connectivity index (χ3v) is 9.79. The Hall–Kier alpha value is -3.07. The summed E-state index contributed by atoms with van der Waals surface area (Å²) in [7, 11) is 0. The van der Waals surface area contributed by atoms with Gasteiger partial charge in [-0.25, -0.2) is 4.79 Å². The van der Waals surface area contributed by atoms with Crippen LogP contribution in [0.3, 0.4) is 0 Å². The second-order valence-corrected chi connectivity index (χ2v) is 12.3. The standard InChI is InChI=1S/C29H28F3NO4S/c30-29(31,32)20-7-5-16(6-8-20)15-37-23-21-3-1-2-4-22(21)38-24(23)26(34)33-25(27(35)36)28-12-17-9-18(13-28)11-19(10-17)14-28/h1-8,17-19,25H,9-15H2,(H,33,34)(H,35,36)/t17-,18-,19-,25-,28?/m1/s1. The van der Waals surface area contributed by atoms with Crippen molar-refractivity contribution in [1.82, 2.24) is 5.32 Å². The van der Waals surface area contributed by atoms with Crippen LogP contribution in [0, 0.1) is 23.2 Å². The van der Waals surface area contributed by atoms with Crippen LogP contribution in [0.15, 0.2) is 48.5 Å². The van der Waals surface area contributed by atoms with Crippen molar-refractivity contribution in [2.45, 2.75) is 57.3 Å². The van der Waals surface area contributed by atoms with Gasteiger partial charge in [-0.1, -0.05) is 24.3 Å². The lowest BCUT2D eigenvalue weighted by Crippen LogP contribution is -2.59. The third kappa shape index (κ3) is 4.55. The molecule has 0 radical (unpaired) electrons. The molecule has 2 N–H and O–H groups in total. The zero-order chi connectivity index (χ0) is 26.7. The number of ether oxygens (including phenoxy) is 1. The topological polar surface area (TPSA) is 75.6 Å². The number of thiophene rings is 1. The summed E-state index contributed by atoms with van der Waals surface area (Å²) in [5.74, 6) is 0.425. The first kappa shape index (κ1) is 25.2. The van der Waals surface area contributed by atoms with Gasteiger partial charge in [0.15, 0.2) is 5.75 Å². The van der Waals surface area contributed by atoms with E-state index in [0.29, 0.717) is 34.5 Å². The normalized spacial score (nSPS) is 26.9. The molecule has 0 saturated heterocycles. The quantitative estimate of drug-likeness (QED) is 0.340. The Bertz CT molecular complexity index is 1350. The predicted octanol–water partition coefficient (Wildman–Crippen LogP) is 6.90. The third-order valence-electron chi connectivity index (χ3n) is 8.64. The molecule has 4 fully saturated rings. The fraction of sp³-hybridized carbons (Fsp3) is 0.448. The van der Waals surface area contributed by atoms with Crippen LogP contribution in [-0.2, 0) is 17.6 Å². The molecule has 0 aliphatic heterocycles. The summed E-state index contributed by atoms with van der Waals surface area (Å²) < 4.78 is 45.6. The van der Waals surface area contributed by atoms with Crippen LogP contribution in [0.5, 0.6) is 5.75 Å². The minimum atomic E-state index is -4.43. The van der Waals surface area contributed by atoms with E-state index in [1.165, 1.54) is 23.5 Å². The van der Waals surface area contributed by atoms with Crippen LogP contribution in [0.4, 0.5) is 13.2 Å². The van der Waals surface area contributed by atoms with E-state index in [9.17, 15) is 27.9 Å². The molecular weight excluding hydrogens is 515 g/mol. The van der Waals surface area contributed by atoms with Crippen LogP contribution >= 0.6 is 11.3 Å². The van der Waals surface area contributed by atoms with Gasteiger partial charge in [0.05, 0.1) is 5.56 Å². The maximum atomic E-state index is 13.6. The van der Waals surface area contributed by atoms with E-state index in [4.69, 9.17) is 4.74 Å². The Kier molecular flexibility index (Phi) is 6.17. The molecule has 1 atom stereocenters. The van der Waals surface area contributed by atoms with E-state index in [0.717, 1.165) is 55.4 Å². The van der Waals surface area contributed by atoms with Gasteiger partial charge in [-0.2, -0.15) is 13.2 Å². The lowest BCUT2D eigenvalue weighted by atomic mass is 9.47. The number of benzene rings is 2. The minimum Gasteiger partial charge on any atom is -0.487 e. The van der Waals surface area contributed by atoms with Gasteiger partial charge < -0.3 is 15.2 Å². The molecule has 2 aromatic carbocycles. The summed E-state index contributed by atoms with van der Waals surface area (Å²) in [4.78, 5) is 26.4. The van der Waals surface area contributed by atoms with Crippen molar-refractivity contribution in [3.63, 3.8) is 0 Å². The first-order chi connectivity index (χ1) is 18.1. The molecule has 4 aliphatic carbocycles. The van der Waals surface area contributed by atoms with Crippen molar-refractivity contribution in [3.05, 3.63) is 64.5 Å². The SMILES string of the molecule is O=C(N[C@H](C(=O)O)C12C[C@H]3C[C@H](C1)C[C@@H](C2)C3)c1sc2ccccc2c1OCc1ccc(C(F)(F)F)cc1. The molecular formula is C29H28F3NO4S. The number of carbonyl (C=O) groups excluding carboxylic acids is 1. The number of hydrogen-bond acceptors (Lipinski definition) is 4. The molecule has 38 heavy (non-hydrogen) atoms. The number of carboxylic acid groups (broad SMARTS) is 1. The zero-order valence-corrected chi connectivity index (χ0v) is 21.4. The first-order valence-corrected chi connectivity index (χ1v) is 13.8. The van der Waals surface area contributed by atoms with Gasteiger partial charge in [0, 0.05) is 15.5 Å². The number of fused-ring (bicyclic) bond motifs is 1. The van der Waals surface area contributed by atoms with Crippen LogP contribution < -0.4 is 10.1 Å². The average Bonchev–Trinajstić information content (AvgIpc) is 3.23.